The van der Waals surface area contributed by atoms with Crippen LogP contribution in [0.3, 0.4) is 0 Å². The molecule has 0 saturated heterocycles. The number of carbonyl (C=O) groups is 1. The number of rotatable bonds is 4. The molecular formula is C14H16O6. The van der Waals surface area contributed by atoms with E-state index in [1.807, 2.05) is 6.07 Å². The highest BCUT2D eigenvalue weighted by molar-refractivity contribution is 5.91. The number of methoxy groups -OCH3 is 2. The van der Waals surface area contributed by atoms with E-state index in [9.17, 15) is 4.79 Å². The van der Waals surface area contributed by atoms with Crippen LogP contribution in [0.15, 0.2) is 42.0 Å². The molecule has 0 bridgehead atoms. The van der Waals surface area contributed by atoms with Crippen LogP contribution in [-0.2, 0) is 29.7 Å². The number of carbonyl (C=O) groups excluding carboxylic acids is 1. The second kappa shape index (κ2) is 5.34. The third-order valence-corrected chi connectivity index (χ3v) is 3.23. The second-order valence-electron chi connectivity index (χ2n) is 4.43. The van der Waals surface area contributed by atoms with Crippen molar-refractivity contribution in [2.75, 3.05) is 14.2 Å². The SMILES string of the molecule is COC(=O)C1=CC(OC)(c2ccccc2)OC1(C)OO. The van der Waals surface area contributed by atoms with Gasteiger partial charge in [0.15, 0.2) is 0 Å². The van der Waals surface area contributed by atoms with Gasteiger partial charge >= 0.3 is 5.97 Å². The van der Waals surface area contributed by atoms with Crippen molar-refractivity contribution in [1.82, 2.24) is 0 Å². The Morgan fingerprint density at radius 2 is 1.90 bits per heavy atom. The first-order valence-corrected chi connectivity index (χ1v) is 5.96. The molecule has 0 amide bonds. The molecule has 1 aromatic carbocycles. The fourth-order valence-electron chi connectivity index (χ4n) is 2.15. The Morgan fingerprint density at radius 3 is 2.40 bits per heavy atom. The Morgan fingerprint density at radius 1 is 1.25 bits per heavy atom. The van der Waals surface area contributed by atoms with Gasteiger partial charge in [-0.3, -0.25) is 0 Å². The lowest BCUT2D eigenvalue weighted by atomic mass is 10.0. The number of esters is 1. The molecule has 0 radical (unpaired) electrons. The van der Waals surface area contributed by atoms with Crippen molar-refractivity contribution in [2.45, 2.75) is 18.5 Å². The van der Waals surface area contributed by atoms with Gasteiger partial charge in [-0.05, 0) is 13.0 Å². The number of ether oxygens (including phenoxy) is 3. The molecular weight excluding hydrogens is 264 g/mol. The summed E-state index contributed by atoms with van der Waals surface area (Å²) in [6.45, 7) is 1.40. The molecule has 0 aromatic heterocycles. The van der Waals surface area contributed by atoms with Gasteiger partial charge in [-0.2, -0.15) is 4.89 Å². The van der Waals surface area contributed by atoms with E-state index >= 15 is 0 Å². The van der Waals surface area contributed by atoms with Crippen molar-refractivity contribution in [1.29, 1.82) is 0 Å². The zero-order chi connectivity index (χ0) is 14.8. The zero-order valence-corrected chi connectivity index (χ0v) is 11.5. The van der Waals surface area contributed by atoms with Gasteiger partial charge in [-0.15, -0.1) is 0 Å². The number of benzene rings is 1. The highest BCUT2D eigenvalue weighted by Gasteiger charge is 2.53. The maximum absolute atomic E-state index is 11.8. The molecule has 0 saturated carbocycles. The van der Waals surface area contributed by atoms with Crippen LogP contribution in [0, 0.1) is 0 Å². The van der Waals surface area contributed by atoms with E-state index in [1.54, 1.807) is 24.3 Å². The molecule has 0 aliphatic carbocycles. The lowest BCUT2D eigenvalue weighted by Gasteiger charge is -2.31. The maximum Gasteiger partial charge on any atom is 0.339 e. The first-order valence-electron chi connectivity index (χ1n) is 5.96. The third-order valence-electron chi connectivity index (χ3n) is 3.23. The summed E-state index contributed by atoms with van der Waals surface area (Å²) >= 11 is 0. The van der Waals surface area contributed by atoms with Crippen molar-refractivity contribution in [2.24, 2.45) is 0 Å². The summed E-state index contributed by atoms with van der Waals surface area (Å²) in [5.74, 6) is -3.67. The van der Waals surface area contributed by atoms with Gasteiger partial charge in [-0.25, -0.2) is 10.1 Å². The second-order valence-corrected chi connectivity index (χ2v) is 4.43. The average molecular weight is 280 g/mol. The van der Waals surface area contributed by atoms with Crippen LogP contribution in [0.25, 0.3) is 0 Å². The van der Waals surface area contributed by atoms with Crippen molar-refractivity contribution >= 4 is 5.97 Å². The monoisotopic (exact) mass is 280 g/mol. The van der Waals surface area contributed by atoms with Crippen molar-refractivity contribution in [3.63, 3.8) is 0 Å². The van der Waals surface area contributed by atoms with E-state index in [0.29, 0.717) is 5.56 Å². The van der Waals surface area contributed by atoms with Crippen molar-refractivity contribution < 1.29 is 29.1 Å². The zero-order valence-electron chi connectivity index (χ0n) is 11.5. The van der Waals surface area contributed by atoms with Gasteiger partial charge in [0.25, 0.3) is 0 Å². The fraction of sp³-hybridized carbons (Fsp3) is 0.357. The Balaban J connectivity index is 2.52. The minimum Gasteiger partial charge on any atom is -0.466 e. The predicted molar refractivity (Wildman–Crippen MR) is 68.4 cm³/mol. The normalized spacial score (nSPS) is 29.1. The molecule has 6 nitrogen and oxygen atoms in total. The third kappa shape index (κ3) is 2.23. The Kier molecular flexibility index (Phi) is 3.92. The Bertz CT molecular complexity index is 526. The highest BCUT2D eigenvalue weighted by Crippen LogP contribution is 2.44. The van der Waals surface area contributed by atoms with E-state index in [0.717, 1.165) is 0 Å². The maximum atomic E-state index is 11.8. The van der Waals surface area contributed by atoms with E-state index < -0.39 is 17.5 Å². The molecule has 1 aromatic rings. The summed E-state index contributed by atoms with van der Waals surface area (Å²) in [6.07, 6.45) is 1.43. The molecule has 6 heteroatoms. The van der Waals surface area contributed by atoms with E-state index in [1.165, 1.54) is 27.2 Å². The number of hydrogen-bond acceptors (Lipinski definition) is 6. The Labute approximate surface area is 116 Å². The standard InChI is InChI=1S/C14H16O6/c1-13(20-16)11(12(15)17-2)9-14(18-3,19-13)10-7-5-4-6-8-10/h4-9,16H,1-3H3. The van der Waals surface area contributed by atoms with Gasteiger partial charge < -0.3 is 14.2 Å². The van der Waals surface area contributed by atoms with Crippen LogP contribution in [0.5, 0.6) is 0 Å². The molecule has 0 fully saturated rings. The molecule has 0 spiro atoms. The summed E-state index contributed by atoms with van der Waals surface area (Å²) < 4.78 is 15.7. The van der Waals surface area contributed by atoms with Crippen LogP contribution < -0.4 is 0 Å². The summed E-state index contributed by atoms with van der Waals surface area (Å²) in [5.41, 5.74) is 0.679. The lowest BCUT2D eigenvalue weighted by Crippen LogP contribution is -2.38. The summed E-state index contributed by atoms with van der Waals surface area (Å²) in [4.78, 5) is 16.1. The van der Waals surface area contributed by atoms with Crippen LogP contribution in [0.4, 0.5) is 0 Å². The fourth-order valence-corrected chi connectivity index (χ4v) is 2.15. The quantitative estimate of drug-likeness (QED) is 0.515. The van der Waals surface area contributed by atoms with Gasteiger partial charge in [0.1, 0.15) is 5.57 Å². The molecule has 1 aliphatic rings. The summed E-state index contributed by atoms with van der Waals surface area (Å²) in [6, 6.07) is 9.01. The molecule has 2 rings (SSSR count). The van der Waals surface area contributed by atoms with Gasteiger partial charge in [0.05, 0.1) is 7.11 Å². The lowest BCUT2D eigenvalue weighted by molar-refractivity contribution is -0.414. The molecule has 1 heterocycles. The molecule has 1 aliphatic heterocycles. The molecule has 2 atom stereocenters. The minimum absolute atomic E-state index is 0.0215. The van der Waals surface area contributed by atoms with Crippen molar-refractivity contribution in [3.8, 4) is 0 Å². The minimum atomic E-state index is -1.67. The van der Waals surface area contributed by atoms with Crippen LogP contribution in [-0.4, -0.2) is 31.2 Å². The predicted octanol–water partition coefficient (Wildman–Crippen LogP) is 1.82. The largest absolute Gasteiger partial charge is 0.466 e. The number of hydrogen-bond donors (Lipinski definition) is 1. The average Bonchev–Trinajstić information content (AvgIpc) is 2.82. The molecule has 1 N–H and O–H groups in total. The van der Waals surface area contributed by atoms with E-state index in [2.05, 4.69) is 9.62 Å². The van der Waals surface area contributed by atoms with Gasteiger partial charge in [-0.1, -0.05) is 30.3 Å². The van der Waals surface area contributed by atoms with E-state index in [4.69, 9.17) is 14.7 Å². The first-order chi connectivity index (χ1) is 9.51. The van der Waals surface area contributed by atoms with Crippen LogP contribution in [0.1, 0.15) is 12.5 Å². The highest BCUT2D eigenvalue weighted by atomic mass is 17.2. The Hall–Kier alpha value is -1.73. The molecule has 2 unspecified atom stereocenters. The van der Waals surface area contributed by atoms with E-state index in [-0.39, 0.29) is 5.57 Å². The van der Waals surface area contributed by atoms with Gasteiger partial charge in [0, 0.05) is 12.7 Å². The smallest absolute Gasteiger partial charge is 0.339 e. The topological polar surface area (TPSA) is 74.2 Å². The van der Waals surface area contributed by atoms with Crippen LogP contribution >= 0.6 is 0 Å². The van der Waals surface area contributed by atoms with Crippen molar-refractivity contribution in [3.05, 3.63) is 47.5 Å². The van der Waals surface area contributed by atoms with Gasteiger partial charge in [0.2, 0.25) is 11.6 Å². The molecule has 108 valence electrons. The first kappa shape index (κ1) is 14.7. The van der Waals surface area contributed by atoms with Crippen LogP contribution in [0.2, 0.25) is 0 Å². The molecule has 20 heavy (non-hydrogen) atoms. The summed E-state index contributed by atoms with van der Waals surface area (Å²) in [7, 11) is 2.66. The summed E-state index contributed by atoms with van der Waals surface area (Å²) in [5, 5.41) is 9.09.